The highest BCUT2D eigenvalue weighted by Gasteiger charge is 2.28. The van der Waals surface area contributed by atoms with Gasteiger partial charge in [-0.1, -0.05) is 0 Å². The van der Waals surface area contributed by atoms with Gasteiger partial charge in [-0.25, -0.2) is 13.2 Å². The van der Waals surface area contributed by atoms with Crippen LogP contribution in [0.25, 0.3) is 0 Å². The van der Waals surface area contributed by atoms with Crippen LogP contribution in [0, 0.1) is 39.2 Å². The first kappa shape index (κ1) is 16.5. The second kappa shape index (κ2) is 6.07. The number of nitro benzene ring substituents is 1. The van der Waals surface area contributed by atoms with E-state index in [1.807, 2.05) is 0 Å². The lowest BCUT2D eigenvalue weighted by atomic mass is 10.2. The van der Waals surface area contributed by atoms with Crippen molar-refractivity contribution in [3.05, 3.63) is 57.4 Å². The molecule has 0 heterocycles. The van der Waals surface area contributed by atoms with Crippen molar-refractivity contribution in [3.8, 4) is 17.2 Å². The maximum atomic E-state index is 13.5. The van der Waals surface area contributed by atoms with Crippen LogP contribution in [0.2, 0.25) is 0 Å². The predicted octanol–water partition coefficient (Wildman–Crippen LogP) is 4.09. The van der Waals surface area contributed by atoms with E-state index in [0.717, 1.165) is 25.3 Å². The molecule has 23 heavy (non-hydrogen) atoms. The standard InChI is InChI=1S/C13H6F5NO4/c1-22-7-4-5(2-3-6(7)19(20)21)23-13-11(17)9(15)8(14)10(16)12(13)18/h2-4H,1H3. The Bertz CT molecular complexity index is 767. The van der Waals surface area contributed by atoms with Crippen LogP contribution in [-0.4, -0.2) is 12.0 Å². The summed E-state index contributed by atoms with van der Waals surface area (Å²) in [6.45, 7) is 0. The third-order valence-corrected chi connectivity index (χ3v) is 2.74. The molecule has 0 N–H and O–H groups in total. The van der Waals surface area contributed by atoms with E-state index in [0.29, 0.717) is 0 Å². The maximum absolute atomic E-state index is 13.5. The molecule has 0 amide bonds. The van der Waals surface area contributed by atoms with Crippen LogP contribution in [0.1, 0.15) is 0 Å². The van der Waals surface area contributed by atoms with E-state index in [-0.39, 0.29) is 5.75 Å². The Kier molecular flexibility index (Phi) is 4.34. The van der Waals surface area contributed by atoms with E-state index < -0.39 is 51.2 Å². The number of methoxy groups -OCH3 is 1. The minimum absolute atomic E-state index is 0.323. The quantitative estimate of drug-likeness (QED) is 0.278. The smallest absolute Gasteiger partial charge is 0.311 e. The normalized spacial score (nSPS) is 10.5. The second-order valence-electron chi connectivity index (χ2n) is 4.09. The van der Waals surface area contributed by atoms with Crippen molar-refractivity contribution in [3.63, 3.8) is 0 Å². The fourth-order valence-corrected chi connectivity index (χ4v) is 1.66. The average molecular weight is 335 g/mol. The summed E-state index contributed by atoms with van der Waals surface area (Å²) in [5.41, 5.74) is -0.475. The summed E-state index contributed by atoms with van der Waals surface area (Å²) in [7, 11) is 1.09. The molecule has 0 fully saturated rings. The van der Waals surface area contributed by atoms with Gasteiger partial charge in [0.05, 0.1) is 12.0 Å². The Balaban J connectivity index is 2.50. The lowest BCUT2D eigenvalue weighted by Crippen LogP contribution is -2.04. The predicted molar refractivity (Wildman–Crippen MR) is 66.0 cm³/mol. The average Bonchev–Trinajstić information content (AvgIpc) is 2.54. The second-order valence-corrected chi connectivity index (χ2v) is 4.09. The number of benzene rings is 2. The number of ether oxygens (including phenoxy) is 2. The van der Waals surface area contributed by atoms with Gasteiger partial charge in [-0.3, -0.25) is 10.1 Å². The summed E-state index contributed by atoms with van der Waals surface area (Å²) in [5, 5.41) is 10.7. The minimum atomic E-state index is -2.33. The van der Waals surface area contributed by atoms with Crippen LogP contribution in [-0.2, 0) is 0 Å². The minimum Gasteiger partial charge on any atom is -0.490 e. The van der Waals surface area contributed by atoms with Crippen molar-refractivity contribution in [2.45, 2.75) is 0 Å². The molecule has 2 aromatic rings. The van der Waals surface area contributed by atoms with Crippen LogP contribution in [0.5, 0.6) is 17.2 Å². The van der Waals surface area contributed by atoms with E-state index in [9.17, 15) is 32.1 Å². The summed E-state index contributed by atoms with van der Waals surface area (Å²) in [6.07, 6.45) is 0. The zero-order valence-electron chi connectivity index (χ0n) is 11.2. The zero-order valence-corrected chi connectivity index (χ0v) is 11.2. The molecule has 0 aromatic heterocycles. The molecule has 0 saturated carbocycles. The molecule has 0 spiro atoms. The van der Waals surface area contributed by atoms with Crippen LogP contribution in [0.15, 0.2) is 18.2 Å². The Morgan fingerprint density at radius 3 is 1.96 bits per heavy atom. The lowest BCUT2D eigenvalue weighted by Gasteiger charge is -2.10. The van der Waals surface area contributed by atoms with Crippen molar-refractivity contribution in [2.24, 2.45) is 0 Å². The molecule has 0 radical (unpaired) electrons. The van der Waals surface area contributed by atoms with Gasteiger partial charge >= 0.3 is 5.69 Å². The topological polar surface area (TPSA) is 61.6 Å². The van der Waals surface area contributed by atoms with Gasteiger partial charge in [-0.2, -0.15) is 8.78 Å². The first-order valence-electron chi connectivity index (χ1n) is 5.79. The number of halogens is 5. The van der Waals surface area contributed by atoms with E-state index in [4.69, 9.17) is 4.74 Å². The molecule has 2 rings (SSSR count). The highest BCUT2D eigenvalue weighted by Crippen LogP contribution is 2.36. The van der Waals surface area contributed by atoms with Crippen LogP contribution in [0.3, 0.4) is 0 Å². The van der Waals surface area contributed by atoms with Crippen molar-refractivity contribution in [1.82, 2.24) is 0 Å². The van der Waals surface area contributed by atoms with Gasteiger partial charge in [0.25, 0.3) is 0 Å². The summed E-state index contributed by atoms with van der Waals surface area (Å²) < 4.78 is 75.4. The van der Waals surface area contributed by atoms with E-state index in [1.165, 1.54) is 0 Å². The molecule has 0 unspecified atom stereocenters. The van der Waals surface area contributed by atoms with Gasteiger partial charge < -0.3 is 9.47 Å². The number of nitrogens with zero attached hydrogens (tertiary/aromatic N) is 1. The number of hydrogen-bond acceptors (Lipinski definition) is 4. The SMILES string of the molecule is COc1cc(Oc2c(F)c(F)c(F)c(F)c2F)ccc1[N+](=O)[O-]. The molecule has 10 heteroatoms. The van der Waals surface area contributed by atoms with Gasteiger partial charge in [0.15, 0.2) is 0 Å². The van der Waals surface area contributed by atoms with Crippen LogP contribution < -0.4 is 9.47 Å². The summed E-state index contributed by atoms with van der Waals surface area (Å²) in [6, 6.07) is 2.68. The van der Waals surface area contributed by atoms with Crippen LogP contribution >= 0.6 is 0 Å². The molecule has 5 nitrogen and oxygen atoms in total. The monoisotopic (exact) mass is 335 g/mol. The molecule has 0 atom stereocenters. The van der Waals surface area contributed by atoms with Gasteiger partial charge in [0, 0.05) is 12.1 Å². The maximum Gasteiger partial charge on any atom is 0.311 e. The molecule has 0 aliphatic rings. The number of nitro groups is 1. The molecule has 0 aliphatic carbocycles. The zero-order chi connectivity index (χ0) is 17.3. The fraction of sp³-hybridized carbons (Fsp3) is 0.0769. The van der Waals surface area contributed by atoms with Gasteiger partial charge in [0.1, 0.15) is 5.75 Å². The molecular formula is C13H6F5NO4. The number of rotatable bonds is 4. The first-order chi connectivity index (χ1) is 10.8. The summed E-state index contributed by atoms with van der Waals surface area (Å²) in [4.78, 5) is 9.92. The summed E-state index contributed by atoms with van der Waals surface area (Å²) in [5.74, 6) is -13.3. The van der Waals surface area contributed by atoms with Crippen molar-refractivity contribution < 1.29 is 36.3 Å². The highest BCUT2D eigenvalue weighted by molar-refractivity contribution is 5.51. The van der Waals surface area contributed by atoms with Crippen molar-refractivity contribution in [1.29, 1.82) is 0 Å². The van der Waals surface area contributed by atoms with Gasteiger partial charge in [-0.15, -0.1) is 0 Å². The Labute approximate surface area is 125 Å². The molecular weight excluding hydrogens is 329 g/mol. The van der Waals surface area contributed by atoms with E-state index in [2.05, 4.69) is 4.74 Å². The lowest BCUT2D eigenvalue weighted by molar-refractivity contribution is -0.385. The Morgan fingerprint density at radius 1 is 0.957 bits per heavy atom. The van der Waals surface area contributed by atoms with E-state index in [1.54, 1.807) is 0 Å². The molecule has 2 aromatic carbocycles. The van der Waals surface area contributed by atoms with Gasteiger partial charge in [0.2, 0.25) is 40.6 Å². The van der Waals surface area contributed by atoms with Crippen LogP contribution in [0.4, 0.5) is 27.6 Å². The third kappa shape index (κ3) is 2.87. The Hall–Kier alpha value is -2.91. The highest BCUT2D eigenvalue weighted by atomic mass is 19.2. The molecule has 0 bridgehead atoms. The van der Waals surface area contributed by atoms with Crippen molar-refractivity contribution >= 4 is 5.69 Å². The fourth-order valence-electron chi connectivity index (χ4n) is 1.66. The molecule has 122 valence electrons. The largest absolute Gasteiger partial charge is 0.490 e. The Morgan fingerprint density at radius 2 is 1.48 bits per heavy atom. The number of hydrogen-bond donors (Lipinski definition) is 0. The molecule has 0 aliphatic heterocycles. The first-order valence-corrected chi connectivity index (χ1v) is 5.79. The van der Waals surface area contributed by atoms with Crippen molar-refractivity contribution in [2.75, 3.05) is 7.11 Å². The summed E-state index contributed by atoms with van der Waals surface area (Å²) >= 11 is 0. The van der Waals surface area contributed by atoms with E-state index >= 15 is 0 Å². The van der Waals surface area contributed by atoms with Gasteiger partial charge in [-0.05, 0) is 6.07 Å². The molecule has 0 saturated heterocycles. The third-order valence-electron chi connectivity index (χ3n) is 2.74.